The second kappa shape index (κ2) is 6.71. The molecule has 0 atom stereocenters. The molecule has 3 heterocycles. The summed E-state index contributed by atoms with van der Waals surface area (Å²) in [5.41, 5.74) is 6.57. The summed E-state index contributed by atoms with van der Waals surface area (Å²) in [6.45, 7) is 4.16. The largest absolute Gasteiger partial charge is 0.284 e. The Morgan fingerprint density at radius 2 is 1.72 bits per heavy atom. The van der Waals surface area contributed by atoms with Crippen LogP contribution in [-0.4, -0.2) is 19.2 Å². The number of pyridine rings is 1. The number of para-hydroxylation sites is 1. The maximum atomic E-state index is 13.1. The lowest BCUT2D eigenvalue weighted by Gasteiger charge is -2.08. The summed E-state index contributed by atoms with van der Waals surface area (Å²) in [7, 11) is 0. The zero-order chi connectivity index (χ0) is 20.0. The summed E-state index contributed by atoms with van der Waals surface area (Å²) < 4.78 is 3.45. The predicted molar refractivity (Wildman–Crippen MR) is 116 cm³/mol. The van der Waals surface area contributed by atoms with Crippen molar-refractivity contribution in [3.05, 3.63) is 94.7 Å². The van der Waals surface area contributed by atoms with Gasteiger partial charge in [0.15, 0.2) is 5.65 Å². The van der Waals surface area contributed by atoms with E-state index in [-0.39, 0.29) is 5.56 Å². The van der Waals surface area contributed by atoms with Gasteiger partial charge < -0.3 is 0 Å². The number of fused-ring (bicyclic) bond motifs is 3. The highest BCUT2D eigenvalue weighted by molar-refractivity contribution is 5.86. The lowest BCUT2D eigenvalue weighted by molar-refractivity contribution is 0.909. The van der Waals surface area contributed by atoms with E-state index in [2.05, 4.69) is 43.1 Å². The minimum atomic E-state index is -0.103. The van der Waals surface area contributed by atoms with Gasteiger partial charge in [0.05, 0.1) is 16.6 Å². The third-order valence-electron chi connectivity index (χ3n) is 5.29. The molecule has 2 aromatic carbocycles. The first-order chi connectivity index (χ1) is 14.2. The first-order valence-corrected chi connectivity index (χ1v) is 9.72. The average Bonchev–Trinajstić information content (AvgIpc) is 3.14. The molecular formula is C24H20N4O. The first kappa shape index (κ1) is 17.4. The third-order valence-corrected chi connectivity index (χ3v) is 5.29. The van der Waals surface area contributed by atoms with E-state index < -0.39 is 0 Å². The normalized spacial score (nSPS) is 11.4. The molecule has 0 aliphatic rings. The van der Waals surface area contributed by atoms with E-state index in [1.165, 1.54) is 5.56 Å². The Morgan fingerprint density at radius 1 is 0.966 bits per heavy atom. The zero-order valence-corrected chi connectivity index (χ0v) is 16.3. The van der Waals surface area contributed by atoms with Gasteiger partial charge in [0.2, 0.25) is 0 Å². The Bertz CT molecular complexity index is 1400. The maximum Gasteiger partial charge on any atom is 0.266 e. The highest BCUT2D eigenvalue weighted by Gasteiger charge is 2.17. The third kappa shape index (κ3) is 2.74. The SMILES string of the molecule is CCc1nn2c(ncc3c(=O)n(-c4ccccc4)ccc32)c1-c1ccc(C)cc1. The Labute approximate surface area is 167 Å². The number of nitrogens with zero attached hydrogens (tertiary/aromatic N) is 4. The molecule has 29 heavy (non-hydrogen) atoms. The van der Waals surface area contributed by atoms with Crippen molar-refractivity contribution in [2.75, 3.05) is 0 Å². The summed E-state index contributed by atoms with van der Waals surface area (Å²) >= 11 is 0. The Kier molecular flexibility index (Phi) is 4.02. The van der Waals surface area contributed by atoms with Gasteiger partial charge in [0, 0.05) is 23.6 Å². The average molecular weight is 380 g/mol. The molecule has 0 aliphatic carbocycles. The number of hydrogen-bond donors (Lipinski definition) is 0. The monoisotopic (exact) mass is 380 g/mol. The van der Waals surface area contributed by atoms with Crippen molar-refractivity contribution in [2.24, 2.45) is 0 Å². The van der Waals surface area contributed by atoms with Crippen molar-refractivity contribution in [3.8, 4) is 16.8 Å². The van der Waals surface area contributed by atoms with Gasteiger partial charge in [0.1, 0.15) is 0 Å². The second-order valence-corrected chi connectivity index (χ2v) is 7.16. The minimum absolute atomic E-state index is 0.103. The van der Waals surface area contributed by atoms with E-state index in [4.69, 9.17) is 5.10 Å². The molecule has 0 aliphatic heterocycles. The molecule has 5 rings (SSSR count). The first-order valence-electron chi connectivity index (χ1n) is 9.72. The molecule has 5 aromatic rings. The molecule has 0 radical (unpaired) electrons. The molecule has 0 N–H and O–H groups in total. The van der Waals surface area contributed by atoms with Gasteiger partial charge in [0.25, 0.3) is 5.56 Å². The van der Waals surface area contributed by atoms with Crippen LogP contribution in [0.2, 0.25) is 0 Å². The lowest BCUT2D eigenvalue weighted by Crippen LogP contribution is -2.18. The van der Waals surface area contributed by atoms with Crippen LogP contribution in [0.3, 0.4) is 0 Å². The molecule has 0 unspecified atom stereocenters. The smallest absolute Gasteiger partial charge is 0.266 e. The van der Waals surface area contributed by atoms with Gasteiger partial charge in [-0.15, -0.1) is 0 Å². The van der Waals surface area contributed by atoms with Crippen LogP contribution in [0.15, 0.2) is 77.9 Å². The van der Waals surface area contributed by atoms with E-state index in [0.29, 0.717) is 5.39 Å². The van der Waals surface area contributed by atoms with E-state index in [0.717, 1.165) is 40.1 Å². The molecule has 0 saturated heterocycles. The summed E-state index contributed by atoms with van der Waals surface area (Å²) in [5.74, 6) is 0. The van der Waals surface area contributed by atoms with Crippen LogP contribution in [-0.2, 0) is 6.42 Å². The quantitative estimate of drug-likeness (QED) is 0.461. The molecule has 0 saturated carbocycles. The van der Waals surface area contributed by atoms with Crippen molar-refractivity contribution in [3.63, 3.8) is 0 Å². The summed E-state index contributed by atoms with van der Waals surface area (Å²) in [6.07, 6.45) is 4.26. The van der Waals surface area contributed by atoms with Crippen molar-refractivity contribution in [1.82, 2.24) is 19.2 Å². The van der Waals surface area contributed by atoms with Crippen molar-refractivity contribution in [2.45, 2.75) is 20.3 Å². The molecule has 5 heteroatoms. The number of benzene rings is 2. The van der Waals surface area contributed by atoms with E-state index >= 15 is 0 Å². The van der Waals surface area contributed by atoms with Crippen LogP contribution in [0.1, 0.15) is 18.2 Å². The fourth-order valence-corrected chi connectivity index (χ4v) is 3.77. The van der Waals surface area contributed by atoms with Crippen LogP contribution >= 0.6 is 0 Å². The maximum absolute atomic E-state index is 13.1. The Balaban J connectivity index is 1.79. The van der Waals surface area contributed by atoms with E-state index in [1.54, 1.807) is 21.5 Å². The highest BCUT2D eigenvalue weighted by Crippen LogP contribution is 2.29. The summed E-state index contributed by atoms with van der Waals surface area (Å²) in [6, 6.07) is 19.9. The van der Waals surface area contributed by atoms with E-state index in [9.17, 15) is 4.79 Å². The number of aromatic nitrogens is 4. The number of hydrogen-bond acceptors (Lipinski definition) is 3. The van der Waals surface area contributed by atoms with Gasteiger partial charge in [-0.1, -0.05) is 55.0 Å². The van der Waals surface area contributed by atoms with Gasteiger partial charge in [-0.25, -0.2) is 9.50 Å². The molecule has 0 amide bonds. The molecule has 0 spiro atoms. The van der Waals surface area contributed by atoms with Crippen LogP contribution in [0, 0.1) is 6.92 Å². The second-order valence-electron chi connectivity index (χ2n) is 7.16. The molecule has 0 bridgehead atoms. The molecule has 142 valence electrons. The van der Waals surface area contributed by atoms with Crippen LogP contribution in [0.25, 0.3) is 33.4 Å². The summed E-state index contributed by atoms with van der Waals surface area (Å²) in [4.78, 5) is 17.8. The van der Waals surface area contributed by atoms with Gasteiger partial charge in [-0.05, 0) is 37.1 Å². The fourth-order valence-electron chi connectivity index (χ4n) is 3.77. The standard InChI is InChI=1S/C24H20N4O/c1-3-20-22(17-11-9-16(2)10-12-17)23-25-15-19-21(28(23)26-20)13-14-27(24(19)29)18-7-5-4-6-8-18/h4-15H,3H2,1-2H3. The minimum Gasteiger partial charge on any atom is -0.284 e. The van der Waals surface area contributed by atoms with E-state index in [1.807, 2.05) is 36.4 Å². The highest BCUT2D eigenvalue weighted by atomic mass is 16.1. The predicted octanol–water partition coefficient (Wildman–Crippen LogP) is 4.57. The molecule has 5 nitrogen and oxygen atoms in total. The topological polar surface area (TPSA) is 52.2 Å². The lowest BCUT2D eigenvalue weighted by atomic mass is 10.0. The molecular weight excluding hydrogens is 360 g/mol. The zero-order valence-electron chi connectivity index (χ0n) is 16.3. The number of aryl methyl sites for hydroxylation is 2. The molecule has 3 aromatic heterocycles. The fraction of sp³-hybridized carbons (Fsp3) is 0.125. The molecule has 0 fully saturated rings. The van der Waals surface area contributed by atoms with Crippen LogP contribution < -0.4 is 5.56 Å². The van der Waals surface area contributed by atoms with Gasteiger partial charge >= 0.3 is 0 Å². The van der Waals surface area contributed by atoms with Crippen molar-refractivity contribution in [1.29, 1.82) is 0 Å². The number of rotatable bonds is 3. The summed E-state index contributed by atoms with van der Waals surface area (Å²) in [5, 5.41) is 5.35. The Hall–Kier alpha value is -3.73. The van der Waals surface area contributed by atoms with Crippen molar-refractivity contribution >= 4 is 16.6 Å². The Morgan fingerprint density at radius 3 is 2.45 bits per heavy atom. The van der Waals surface area contributed by atoms with Crippen LogP contribution in [0.4, 0.5) is 0 Å². The van der Waals surface area contributed by atoms with Gasteiger partial charge in [-0.2, -0.15) is 5.10 Å². The van der Waals surface area contributed by atoms with Crippen molar-refractivity contribution < 1.29 is 0 Å². The van der Waals surface area contributed by atoms with Gasteiger partial charge in [-0.3, -0.25) is 9.36 Å². The van der Waals surface area contributed by atoms with Crippen LogP contribution in [0.5, 0.6) is 0 Å².